The fraction of sp³-hybridized carbons (Fsp3) is 0.538. The zero-order valence-corrected chi connectivity index (χ0v) is 10.5. The molecule has 2 unspecified atom stereocenters. The van der Waals surface area contributed by atoms with Gasteiger partial charge >= 0.3 is 0 Å². The van der Waals surface area contributed by atoms with Gasteiger partial charge in [0, 0.05) is 0 Å². The zero-order valence-electron chi connectivity index (χ0n) is 10.5. The van der Waals surface area contributed by atoms with Crippen molar-refractivity contribution in [3.05, 3.63) is 23.8 Å². The number of aliphatic hydroxyl groups is 2. The number of aryl methyl sites for hydroxylation is 1. The molecule has 2 N–H and O–H groups in total. The van der Waals surface area contributed by atoms with E-state index < -0.39 is 12.2 Å². The monoisotopic (exact) mass is 240 g/mol. The maximum Gasteiger partial charge on any atom is 0.160 e. The smallest absolute Gasteiger partial charge is 0.160 e. The van der Waals surface area contributed by atoms with E-state index in [0.717, 1.165) is 5.56 Å². The highest BCUT2D eigenvalue weighted by Gasteiger charge is 2.11. The van der Waals surface area contributed by atoms with Crippen molar-refractivity contribution in [2.45, 2.75) is 32.0 Å². The third-order valence-electron chi connectivity index (χ3n) is 2.73. The molecular weight excluding hydrogens is 220 g/mol. The van der Waals surface area contributed by atoms with Crippen LogP contribution >= 0.6 is 0 Å². The number of benzene rings is 1. The molecule has 2 atom stereocenters. The van der Waals surface area contributed by atoms with Crippen LogP contribution < -0.4 is 9.47 Å². The molecule has 0 saturated carbocycles. The summed E-state index contributed by atoms with van der Waals surface area (Å²) in [7, 11) is 3.18. The van der Waals surface area contributed by atoms with Gasteiger partial charge in [-0.15, -0.1) is 0 Å². The van der Waals surface area contributed by atoms with Gasteiger partial charge in [-0.3, -0.25) is 0 Å². The predicted molar refractivity (Wildman–Crippen MR) is 65.6 cm³/mol. The van der Waals surface area contributed by atoms with Crippen LogP contribution in [0, 0.1) is 0 Å². The van der Waals surface area contributed by atoms with E-state index in [1.165, 1.54) is 0 Å². The van der Waals surface area contributed by atoms with Crippen LogP contribution in [0.2, 0.25) is 0 Å². The van der Waals surface area contributed by atoms with Gasteiger partial charge in [-0.25, -0.2) is 0 Å². The van der Waals surface area contributed by atoms with Crippen LogP contribution in [0.3, 0.4) is 0 Å². The molecule has 0 aliphatic heterocycles. The van der Waals surface area contributed by atoms with Crippen LogP contribution in [0.1, 0.15) is 18.9 Å². The number of methoxy groups -OCH3 is 2. The number of ether oxygens (including phenoxy) is 2. The Morgan fingerprint density at radius 1 is 1.12 bits per heavy atom. The standard InChI is InChI=1S/C13H20O4/c1-9(14)11(15)6-4-10-5-7-12(16-2)13(8-10)17-3/h5,7-9,11,14-15H,4,6H2,1-3H3. The third-order valence-corrected chi connectivity index (χ3v) is 2.73. The number of aliphatic hydroxyl groups excluding tert-OH is 2. The Bertz CT molecular complexity index is 349. The molecule has 0 fully saturated rings. The summed E-state index contributed by atoms with van der Waals surface area (Å²) in [5.74, 6) is 1.36. The zero-order chi connectivity index (χ0) is 12.8. The third kappa shape index (κ3) is 3.91. The minimum absolute atomic E-state index is 0.521. The first kappa shape index (κ1) is 13.8. The normalized spacial score (nSPS) is 14.2. The Morgan fingerprint density at radius 2 is 1.76 bits per heavy atom. The Balaban J connectivity index is 2.66. The van der Waals surface area contributed by atoms with Crippen LogP contribution in [0.15, 0.2) is 18.2 Å². The average Bonchev–Trinajstić information content (AvgIpc) is 2.35. The molecular formula is C13H20O4. The van der Waals surface area contributed by atoms with Gasteiger partial charge in [0.25, 0.3) is 0 Å². The second-order valence-corrected chi connectivity index (χ2v) is 4.04. The molecule has 1 aromatic rings. The summed E-state index contributed by atoms with van der Waals surface area (Å²) in [6.45, 7) is 1.58. The predicted octanol–water partition coefficient (Wildman–Crippen LogP) is 1.38. The number of rotatable bonds is 6. The lowest BCUT2D eigenvalue weighted by Crippen LogP contribution is -2.22. The molecule has 4 heteroatoms. The summed E-state index contributed by atoms with van der Waals surface area (Å²) in [5, 5.41) is 18.7. The summed E-state index contributed by atoms with van der Waals surface area (Å²) < 4.78 is 10.3. The second-order valence-electron chi connectivity index (χ2n) is 4.04. The molecule has 1 rings (SSSR count). The molecule has 0 aromatic heterocycles. The quantitative estimate of drug-likeness (QED) is 0.788. The van der Waals surface area contributed by atoms with Crippen molar-refractivity contribution in [3.63, 3.8) is 0 Å². The Labute approximate surface area is 102 Å². The molecule has 96 valence electrons. The van der Waals surface area contributed by atoms with Gasteiger partial charge in [0.1, 0.15) is 0 Å². The molecule has 0 bridgehead atoms. The number of hydrogen-bond donors (Lipinski definition) is 2. The van der Waals surface area contributed by atoms with Gasteiger partial charge in [0.2, 0.25) is 0 Å². The van der Waals surface area contributed by atoms with Crippen molar-refractivity contribution in [1.82, 2.24) is 0 Å². The summed E-state index contributed by atoms with van der Waals surface area (Å²) in [5.41, 5.74) is 1.04. The Kier molecular flexibility index (Phi) is 5.25. The van der Waals surface area contributed by atoms with Gasteiger partial charge in [-0.2, -0.15) is 0 Å². The van der Waals surface area contributed by atoms with Gasteiger partial charge < -0.3 is 19.7 Å². The van der Waals surface area contributed by atoms with Crippen molar-refractivity contribution in [2.24, 2.45) is 0 Å². The van der Waals surface area contributed by atoms with Crippen molar-refractivity contribution in [2.75, 3.05) is 14.2 Å². The summed E-state index contributed by atoms with van der Waals surface area (Å²) in [4.78, 5) is 0. The first-order valence-electron chi connectivity index (χ1n) is 5.65. The van der Waals surface area contributed by atoms with Crippen LogP contribution in [0.25, 0.3) is 0 Å². The van der Waals surface area contributed by atoms with E-state index in [1.807, 2.05) is 18.2 Å². The molecule has 1 aromatic carbocycles. The first-order valence-corrected chi connectivity index (χ1v) is 5.65. The molecule has 17 heavy (non-hydrogen) atoms. The van der Waals surface area contributed by atoms with Gasteiger partial charge in [0.05, 0.1) is 26.4 Å². The van der Waals surface area contributed by atoms with Crippen LogP contribution in [-0.2, 0) is 6.42 Å². The van der Waals surface area contributed by atoms with E-state index in [4.69, 9.17) is 9.47 Å². The summed E-state index contributed by atoms with van der Waals surface area (Å²) >= 11 is 0. The topological polar surface area (TPSA) is 58.9 Å². The lowest BCUT2D eigenvalue weighted by atomic mass is 10.0. The molecule has 0 saturated heterocycles. The fourth-order valence-corrected chi connectivity index (χ4v) is 1.59. The first-order chi connectivity index (χ1) is 8.08. The lowest BCUT2D eigenvalue weighted by Gasteiger charge is -2.14. The highest BCUT2D eigenvalue weighted by Crippen LogP contribution is 2.28. The largest absolute Gasteiger partial charge is 0.493 e. The lowest BCUT2D eigenvalue weighted by molar-refractivity contribution is 0.0265. The van der Waals surface area contributed by atoms with Crippen molar-refractivity contribution >= 4 is 0 Å². The van der Waals surface area contributed by atoms with E-state index in [1.54, 1.807) is 21.1 Å². The van der Waals surface area contributed by atoms with Crippen molar-refractivity contribution in [3.8, 4) is 11.5 Å². The molecule has 4 nitrogen and oxygen atoms in total. The Morgan fingerprint density at radius 3 is 2.29 bits per heavy atom. The molecule has 0 aliphatic rings. The van der Waals surface area contributed by atoms with E-state index in [9.17, 15) is 10.2 Å². The maximum absolute atomic E-state index is 9.51. The molecule has 0 radical (unpaired) electrons. The van der Waals surface area contributed by atoms with Crippen LogP contribution in [0.4, 0.5) is 0 Å². The SMILES string of the molecule is COc1ccc(CCC(O)C(C)O)cc1OC. The highest BCUT2D eigenvalue weighted by atomic mass is 16.5. The van der Waals surface area contributed by atoms with E-state index in [0.29, 0.717) is 24.3 Å². The number of hydrogen-bond acceptors (Lipinski definition) is 4. The highest BCUT2D eigenvalue weighted by molar-refractivity contribution is 5.42. The second kappa shape index (κ2) is 6.47. The van der Waals surface area contributed by atoms with E-state index in [-0.39, 0.29) is 0 Å². The van der Waals surface area contributed by atoms with E-state index >= 15 is 0 Å². The summed E-state index contributed by atoms with van der Waals surface area (Å²) in [6.07, 6.45) is -0.183. The minimum atomic E-state index is -0.699. The van der Waals surface area contributed by atoms with Crippen LogP contribution in [0.5, 0.6) is 11.5 Å². The van der Waals surface area contributed by atoms with Crippen molar-refractivity contribution in [1.29, 1.82) is 0 Å². The summed E-state index contributed by atoms with van der Waals surface area (Å²) in [6, 6.07) is 5.65. The average molecular weight is 240 g/mol. The molecule has 0 spiro atoms. The van der Waals surface area contributed by atoms with Crippen molar-refractivity contribution < 1.29 is 19.7 Å². The molecule has 0 heterocycles. The maximum atomic E-state index is 9.51. The molecule has 0 amide bonds. The van der Waals surface area contributed by atoms with Gasteiger partial charge in [-0.05, 0) is 37.5 Å². The Hall–Kier alpha value is -1.26. The van der Waals surface area contributed by atoms with Crippen LogP contribution in [-0.4, -0.2) is 36.6 Å². The fourth-order valence-electron chi connectivity index (χ4n) is 1.59. The van der Waals surface area contributed by atoms with E-state index in [2.05, 4.69) is 0 Å². The van der Waals surface area contributed by atoms with Gasteiger partial charge in [0.15, 0.2) is 11.5 Å². The minimum Gasteiger partial charge on any atom is -0.493 e. The van der Waals surface area contributed by atoms with Gasteiger partial charge in [-0.1, -0.05) is 6.07 Å². The molecule has 0 aliphatic carbocycles.